The van der Waals surface area contributed by atoms with Crippen LogP contribution < -0.4 is 5.32 Å². The second kappa shape index (κ2) is 42.7. The Morgan fingerprint density at radius 3 is 0.590 bits per heavy atom. The summed E-state index contributed by atoms with van der Waals surface area (Å²) in [7, 11) is 0. The van der Waals surface area contributed by atoms with E-state index in [-0.39, 0.29) is 0 Å². The first-order valence-electron chi connectivity index (χ1n) is 18.5. The third-order valence-electron chi connectivity index (χ3n) is 8.41. The Morgan fingerprint density at radius 1 is 0.256 bits per heavy atom. The fourth-order valence-corrected chi connectivity index (χ4v) is 5.72. The Balaban J connectivity index is 0. The van der Waals surface area contributed by atoms with Crippen molar-refractivity contribution in [3.8, 4) is 0 Å². The molecule has 1 N–H and O–H groups in total. The van der Waals surface area contributed by atoms with Crippen LogP contribution in [0.2, 0.25) is 0 Å². The molecule has 0 saturated carbocycles. The van der Waals surface area contributed by atoms with Crippen LogP contribution in [-0.4, -0.2) is 19.5 Å². The van der Waals surface area contributed by atoms with Crippen molar-refractivity contribution in [2.45, 2.75) is 219 Å². The number of unbranched alkanes of at least 4 members (excludes halogenated alkanes) is 30. The molecule has 0 rings (SSSR count). The van der Waals surface area contributed by atoms with Crippen LogP contribution in [0.3, 0.4) is 0 Å². The van der Waals surface area contributed by atoms with E-state index in [1.165, 1.54) is 225 Å². The van der Waals surface area contributed by atoms with Gasteiger partial charge in [0.25, 0.3) is 0 Å². The van der Waals surface area contributed by atoms with Crippen molar-refractivity contribution < 1.29 is 0 Å². The zero-order valence-corrected chi connectivity index (χ0v) is 28.7. The predicted molar refractivity (Wildman–Crippen MR) is 184 cm³/mol. The molecule has 0 aliphatic carbocycles. The molecule has 0 radical (unpaired) electrons. The van der Waals surface area contributed by atoms with Crippen LogP contribution in [0.4, 0.5) is 0 Å². The van der Waals surface area contributed by atoms with Crippen LogP contribution in [0.25, 0.3) is 0 Å². The summed E-state index contributed by atoms with van der Waals surface area (Å²) in [5, 5.41) is 3.68. The minimum Gasteiger partial charge on any atom is -0.317 e. The fourth-order valence-electron chi connectivity index (χ4n) is 5.72. The van der Waals surface area contributed by atoms with Crippen LogP contribution in [-0.2, 0) is 0 Å². The van der Waals surface area contributed by atoms with Crippen molar-refractivity contribution in [3.63, 3.8) is 0 Å². The van der Waals surface area contributed by atoms with Crippen molar-refractivity contribution in [2.24, 2.45) is 0 Å². The summed E-state index contributed by atoms with van der Waals surface area (Å²) in [4.78, 5) is 0. The van der Waals surface area contributed by atoms with Gasteiger partial charge in [-0.05, 0) is 25.9 Å². The molecule has 1 nitrogen and oxygen atoms in total. The molecule has 238 valence electrons. The molecule has 0 amide bonds. The lowest BCUT2D eigenvalue weighted by Crippen LogP contribution is -2.16. The molecule has 0 aromatic heterocycles. The lowest BCUT2D eigenvalue weighted by Gasteiger charge is -2.06. The molecule has 0 heterocycles. The number of alkyl halides is 1. The maximum Gasteiger partial charge on any atom is 0.0108 e. The maximum atomic E-state index is 4.64. The first kappa shape index (κ1) is 41.4. The molecule has 39 heavy (non-hydrogen) atoms. The van der Waals surface area contributed by atoms with Gasteiger partial charge in [-0.25, -0.2) is 0 Å². The number of halogens is 1. The summed E-state index contributed by atoms with van der Waals surface area (Å²) < 4.78 is 0. The van der Waals surface area contributed by atoms with Crippen LogP contribution in [0.15, 0.2) is 0 Å². The molecule has 2 heteroatoms. The molecule has 0 aliphatic rings. The van der Waals surface area contributed by atoms with E-state index in [1.807, 2.05) is 0 Å². The van der Waals surface area contributed by atoms with E-state index in [4.69, 9.17) is 0 Å². The quantitative estimate of drug-likeness (QED) is 0.0598. The van der Waals surface area contributed by atoms with E-state index in [2.05, 4.69) is 30.8 Å². The normalized spacial score (nSPS) is 11.1. The van der Waals surface area contributed by atoms with E-state index >= 15 is 0 Å². The first-order valence-corrected chi connectivity index (χ1v) is 19.3. The third kappa shape index (κ3) is 42.8. The second-order valence-corrected chi connectivity index (χ2v) is 12.4. The van der Waals surface area contributed by atoms with Gasteiger partial charge in [0.15, 0.2) is 0 Å². The maximum absolute atomic E-state index is 4.64. The number of nitrogens with one attached hydrogen (secondary N) is 1. The Hall–Kier alpha value is 0.250. The average Bonchev–Trinajstić information content (AvgIpc) is 2.96. The monoisotopic (exact) mass is 572 g/mol. The van der Waals surface area contributed by atoms with Crippen molar-refractivity contribution in [1.82, 2.24) is 5.32 Å². The summed E-state index contributed by atoms with van der Waals surface area (Å²) in [6.45, 7) is 7.11. The lowest BCUT2D eigenvalue weighted by atomic mass is 10.0. The Bertz CT molecular complexity index is 338. The third-order valence-corrected chi connectivity index (χ3v) is 8.41. The minimum atomic E-state index is 1.25. The van der Waals surface area contributed by atoms with Gasteiger partial charge in [0, 0.05) is 6.38 Å². The summed E-state index contributed by atoms with van der Waals surface area (Å²) in [6.07, 6.45) is 48.2. The zero-order valence-electron chi connectivity index (χ0n) is 27.9. The summed E-state index contributed by atoms with van der Waals surface area (Å²) in [5.74, 6) is 0. The molecule has 0 aromatic carbocycles. The molecule has 0 bridgehead atoms. The number of hydrogen-bond donors (Lipinski definition) is 1. The van der Waals surface area contributed by atoms with E-state index in [0.717, 1.165) is 0 Å². The molecular weight excluding hydrogens is 494 g/mol. The van der Waals surface area contributed by atoms with Crippen LogP contribution in [0.5, 0.6) is 0 Å². The predicted octanol–water partition coefficient (Wildman–Crippen LogP) is 14.0. The molecule has 0 atom stereocenters. The lowest BCUT2D eigenvalue weighted by molar-refractivity contribution is 0.515. The van der Waals surface area contributed by atoms with Gasteiger partial charge in [0.05, 0.1) is 0 Å². The zero-order chi connectivity index (χ0) is 28.7. The van der Waals surface area contributed by atoms with Gasteiger partial charge < -0.3 is 5.32 Å². The van der Waals surface area contributed by atoms with Gasteiger partial charge in [-0.1, -0.05) is 206 Å². The molecule has 0 aromatic rings. The summed E-state index contributed by atoms with van der Waals surface area (Å²) in [5.41, 5.74) is 0. The van der Waals surface area contributed by atoms with Gasteiger partial charge in [0.2, 0.25) is 0 Å². The van der Waals surface area contributed by atoms with Crippen molar-refractivity contribution in [2.75, 3.05) is 19.5 Å². The Kier molecular flexibility index (Phi) is 45.3. The topological polar surface area (TPSA) is 12.0 Å². The van der Waals surface area contributed by atoms with E-state index < -0.39 is 0 Å². The van der Waals surface area contributed by atoms with Gasteiger partial charge >= 0.3 is 0 Å². The highest BCUT2D eigenvalue weighted by atomic mass is 35.5. The van der Waals surface area contributed by atoms with E-state index in [1.54, 1.807) is 0 Å². The van der Waals surface area contributed by atoms with Gasteiger partial charge in [0.1, 0.15) is 0 Å². The van der Waals surface area contributed by atoms with Gasteiger partial charge in [-0.3, -0.25) is 0 Å². The highest BCUT2D eigenvalue weighted by Crippen LogP contribution is 2.15. The molecule has 0 unspecified atom stereocenters. The van der Waals surface area contributed by atoms with Gasteiger partial charge in [-0.15, -0.1) is 11.6 Å². The summed E-state index contributed by atoms with van der Waals surface area (Å²) in [6, 6.07) is 0. The average molecular weight is 572 g/mol. The van der Waals surface area contributed by atoms with E-state index in [9.17, 15) is 0 Å². The van der Waals surface area contributed by atoms with Crippen LogP contribution in [0, 0.1) is 0 Å². The molecule has 0 saturated heterocycles. The Morgan fingerprint density at radius 2 is 0.410 bits per heavy atom. The van der Waals surface area contributed by atoms with E-state index in [0.29, 0.717) is 0 Å². The highest BCUT2D eigenvalue weighted by molar-refractivity contribution is 6.15. The van der Waals surface area contributed by atoms with Gasteiger partial charge in [-0.2, -0.15) is 0 Å². The Labute approximate surface area is 255 Å². The van der Waals surface area contributed by atoms with Crippen molar-refractivity contribution >= 4 is 11.6 Å². The highest BCUT2D eigenvalue weighted by Gasteiger charge is 1.97. The van der Waals surface area contributed by atoms with Crippen LogP contribution in [0.1, 0.15) is 219 Å². The van der Waals surface area contributed by atoms with Crippen LogP contribution >= 0.6 is 11.6 Å². The van der Waals surface area contributed by atoms with Crippen molar-refractivity contribution in [3.05, 3.63) is 0 Å². The largest absolute Gasteiger partial charge is 0.317 e. The standard InChI is InChI=1S/C36H75N.CH3Cl/c1-3-5-7-9-11-13-15-17-19-21-23-25-27-29-31-33-35-37-36-34-32-30-28-26-24-22-20-18-16-14-12-10-8-6-4-2;1-2/h37H,3-36H2,1-2H3;1H3. The number of hydrogen-bond acceptors (Lipinski definition) is 1. The smallest absolute Gasteiger partial charge is 0.0108 e. The van der Waals surface area contributed by atoms with Crippen molar-refractivity contribution in [1.29, 1.82) is 0 Å². The molecule has 0 fully saturated rings. The molecule has 0 aliphatic heterocycles. The molecular formula is C37H78ClN. The summed E-state index contributed by atoms with van der Waals surface area (Å²) >= 11 is 4.64. The fraction of sp³-hybridized carbons (Fsp3) is 1.00. The molecule has 0 spiro atoms. The number of rotatable bonds is 34. The first-order chi connectivity index (χ1) is 19.4. The second-order valence-electron chi connectivity index (χ2n) is 12.4. The SMILES string of the molecule is CCCCCCCCCCCCCCCCCCNCCCCCCCCCCCCCCCCCC.CCl. The minimum absolute atomic E-state index is 1.25.